The molecule has 7 rings (SSSR count). The standard InChI is InChI=1S/C48H52N4O6/c1-5-7-9-11-13-33-35-23-25-37(49-35)41(29-15-19-31(20-16-29)47(55)57-3)39-27-28-40(51-39)42(30-17-21-32(22-18-30)48(56)58-4)38-26-24-36(50-38)34(14-12-10-8-6-2)44-46(54)45(53)43(33)52-44/h15-28,45-46,49-50,53-54H,5-14H2,1-4H3. The molecule has 2 aliphatic heterocycles. The maximum atomic E-state index is 12.4. The number of hydrogen-bond acceptors (Lipinski definition) is 8. The molecular weight excluding hydrogens is 729 g/mol. The van der Waals surface area contributed by atoms with Gasteiger partial charge in [-0.3, -0.25) is 4.98 Å². The van der Waals surface area contributed by atoms with E-state index in [4.69, 9.17) is 19.4 Å². The number of H-pyrrole nitrogens is 2. The summed E-state index contributed by atoms with van der Waals surface area (Å²) in [6, 6.07) is 22.6. The molecule has 0 saturated heterocycles. The summed E-state index contributed by atoms with van der Waals surface area (Å²) in [6.45, 7) is 4.37. The number of carbonyl (C=O) groups excluding carboxylic acids is 2. The maximum Gasteiger partial charge on any atom is 0.337 e. The van der Waals surface area contributed by atoms with E-state index in [0.717, 1.165) is 107 Å². The van der Waals surface area contributed by atoms with Gasteiger partial charge in [-0.05, 0) is 109 Å². The fourth-order valence-corrected chi connectivity index (χ4v) is 8.05. The van der Waals surface area contributed by atoms with E-state index in [1.165, 1.54) is 14.2 Å². The third-order valence-electron chi connectivity index (χ3n) is 11.2. The quantitative estimate of drug-likeness (QED) is 0.0630. The van der Waals surface area contributed by atoms with E-state index in [2.05, 4.69) is 23.8 Å². The van der Waals surface area contributed by atoms with Gasteiger partial charge >= 0.3 is 11.9 Å². The molecular formula is C48H52N4O6. The minimum atomic E-state index is -1.21. The fraction of sp³-hybridized carbons (Fsp3) is 0.333. The average molecular weight is 781 g/mol. The molecule has 0 saturated carbocycles. The first kappa shape index (κ1) is 40.4. The Morgan fingerprint density at radius 2 is 0.948 bits per heavy atom. The number of aryl methyl sites for hydroxylation is 2. The summed E-state index contributed by atoms with van der Waals surface area (Å²) in [4.78, 5) is 42.6. The first-order valence-electron chi connectivity index (χ1n) is 20.5. The third-order valence-corrected chi connectivity index (χ3v) is 11.2. The van der Waals surface area contributed by atoms with Gasteiger partial charge in [0, 0.05) is 33.2 Å². The predicted octanol–water partition coefficient (Wildman–Crippen LogP) is 10.4. The first-order chi connectivity index (χ1) is 28.3. The molecule has 5 aromatic rings. The molecule has 2 atom stereocenters. The largest absolute Gasteiger partial charge is 0.465 e. The van der Waals surface area contributed by atoms with Crippen LogP contribution in [0.4, 0.5) is 0 Å². The Morgan fingerprint density at radius 3 is 1.33 bits per heavy atom. The number of nitrogens with zero attached hydrogens (tertiary/aromatic N) is 2. The van der Waals surface area contributed by atoms with Crippen molar-refractivity contribution in [3.05, 3.63) is 118 Å². The molecule has 58 heavy (non-hydrogen) atoms. The second-order valence-electron chi connectivity index (χ2n) is 15.0. The highest BCUT2D eigenvalue weighted by Gasteiger charge is 2.33. The highest BCUT2D eigenvalue weighted by Crippen LogP contribution is 2.40. The van der Waals surface area contributed by atoms with Crippen molar-refractivity contribution in [3.8, 4) is 22.3 Å². The first-order valence-corrected chi connectivity index (χ1v) is 20.5. The van der Waals surface area contributed by atoms with Crippen molar-refractivity contribution >= 4 is 46.2 Å². The summed E-state index contributed by atoms with van der Waals surface area (Å²) in [5, 5.41) is 23.7. The number of aliphatic hydroxyl groups excluding tert-OH is 2. The van der Waals surface area contributed by atoms with E-state index in [1.807, 2.05) is 60.7 Å². The summed E-state index contributed by atoms with van der Waals surface area (Å²) in [6.07, 6.45) is 11.2. The number of nitrogens with one attached hydrogen (secondary N) is 2. The van der Waals surface area contributed by atoms with E-state index in [9.17, 15) is 19.8 Å². The Bertz CT molecular complexity index is 2310. The maximum absolute atomic E-state index is 12.4. The van der Waals surface area contributed by atoms with Crippen molar-refractivity contribution in [1.82, 2.24) is 19.9 Å². The van der Waals surface area contributed by atoms with Gasteiger partial charge in [0.05, 0.1) is 48.1 Å². The molecule has 300 valence electrons. The number of methoxy groups -OCH3 is 2. The molecule has 2 aromatic carbocycles. The number of hydrogen-bond donors (Lipinski definition) is 4. The Kier molecular flexibility index (Phi) is 12.6. The molecule has 0 fully saturated rings. The van der Waals surface area contributed by atoms with Gasteiger partial charge in [-0.1, -0.05) is 76.6 Å². The summed E-state index contributed by atoms with van der Waals surface area (Å²) < 4.78 is 9.96. The number of esters is 2. The van der Waals surface area contributed by atoms with E-state index >= 15 is 0 Å². The van der Waals surface area contributed by atoms with Crippen molar-refractivity contribution in [2.75, 3.05) is 14.2 Å². The molecule has 0 radical (unpaired) electrons. The minimum Gasteiger partial charge on any atom is -0.465 e. The number of aliphatic hydroxyl groups is 2. The van der Waals surface area contributed by atoms with Crippen LogP contribution in [0.25, 0.3) is 56.5 Å². The molecule has 5 heterocycles. The molecule has 10 heteroatoms. The Labute approximate surface area is 339 Å². The monoisotopic (exact) mass is 780 g/mol. The SMILES string of the molecule is CCCCCCc1c2nc(c(CCCCCC)c3ccc([nH]3)c(-c3ccc(C(=O)OC)cc3)c3nc(c(-c4ccc(C(=O)OC)cc4)c4ccc1[nH]4)C=C3)C(O)C2O. The van der Waals surface area contributed by atoms with Crippen molar-refractivity contribution in [1.29, 1.82) is 0 Å². The van der Waals surface area contributed by atoms with E-state index in [1.54, 1.807) is 24.3 Å². The number of fused-ring (bicyclic) bond motifs is 8. The minimum absolute atomic E-state index is 0.425. The van der Waals surface area contributed by atoms with Crippen LogP contribution in [0.1, 0.15) is 132 Å². The van der Waals surface area contributed by atoms with Crippen LogP contribution in [0.2, 0.25) is 0 Å². The lowest BCUT2D eigenvalue weighted by atomic mass is 9.98. The Balaban J connectivity index is 1.58. The van der Waals surface area contributed by atoms with Gasteiger partial charge in [-0.15, -0.1) is 0 Å². The topological polar surface area (TPSA) is 150 Å². The number of ether oxygens (including phenoxy) is 2. The fourth-order valence-electron chi connectivity index (χ4n) is 8.05. The van der Waals surface area contributed by atoms with Gasteiger partial charge in [0.1, 0.15) is 12.2 Å². The van der Waals surface area contributed by atoms with Crippen molar-refractivity contribution in [2.45, 2.75) is 90.3 Å². The molecule has 0 spiro atoms. The van der Waals surface area contributed by atoms with Gasteiger partial charge in [0.2, 0.25) is 0 Å². The summed E-state index contributed by atoms with van der Waals surface area (Å²) >= 11 is 0. The van der Waals surface area contributed by atoms with E-state index in [0.29, 0.717) is 46.7 Å². The Morgan fingerprint density at radius 1 is 0.552 bits per heavy atom. The highest BCUT2D eigenvalue weighted by molar-refractivity contribution is 5.97. The number of unbranched alkanes of at least 4 members (excludes halogenated alkanes) is 6. The van der Waals surface area contributed by atoms with Gasteiger partial charge in [0.15, 0.2) is 0 Å². The lowest BCUT2D eigenvalue weighted by Crippen LogP contribution is -2.07. The average Bonchev–Trinajstić information content (AvgIpc) is 4.08. The summed E-state index contributed by atoms with van der Waals surface area (Å²) in [5.74, 6) is -0.850. The van der Waals surface area contributed by atoms with Gasteiger partial charge in [0.25, 0.3) is 0 Å². The number of aromatic amines is 2. The summed E-state index contributed by atoms with van der Waals surface area (Å²) in [5.41, 5.74) is 11.4. The molecule has 4 N–H and O–H groups in total. The van der Waals surface area contributed by atoms with Crippen LogP contribution in [0, 0.1) is 0 Å². The number of rotatable bonds is 14. The second-order valence-corrected chi connectivity index (χ2v) is 15.0. The van der Waals surface area contributed by atoms with Gasteiger partial charge < -0.3 is 29.7 Å². The van der Waals surface area contributed by atoms with Crippen LogP contribution >= 0.6 is 0 Å². The van der Waals surface area contributed by atoms with E-state index < -0.39 is 24.1 Å². The molecule has 8 bridgehead atoms. The van der Waals surface area contributed by atoms with Crippen LogP contribution in [0.15, 0.2) is 72.8 Å². The molecule has 3 aromatic heterocycles. The molecule has 0 aliphatic carbocycles. The second kappa shape index (κ2) is 18.2. The molecule has 10 nitrogen and oxygen atoms in total. The number of aromatic nitrogens is 4. The lowest BCUT2D eigenvalue weighted by molar-refractivity contribution is 0.0245. The van der Waals surface area contributed by atoms with Crippen LogP contribution in [-0.4, -0.2) is 56.3 Å². The lowest BCUT2D eigenvalue weighted by Gasteiger charge is -2.13. The number of benzene rings is 2. The highest BCUT2D eigenvalue weighted by atomic mass is 16.5. The van der Waals surface area contributed by atoms with Gasteiger partial charge in [-0.2, -0.15) is 0 Å². The van der Waals surface area contributed by atoms with Crippen molar-refractivity contribution in [2.24, 2.45) is 0 Å². The zero-order valence-electron chi connectivity index (χ0n) is 33.7. The zero-order valence-corrected chi connectivity index (χ0v) is 33.7. The molecule has 0 amide bonds. The van der Waals surface area contributed by atoms with Crippen LogP contribution < -0.4 is 0 Å². The smallest absolute Gasteiger partial charge is 0.337 e. The van der Waals surface area contributed by atoms with Crippen LogP contribution in [0.5, 0.6) is 0 Å². The summed E-state index contributed by atoms with van der Waals surface area (Å²) in [7, 11) is 2.72. The van der Waals surface area contributed by atoms with Crippen LogP contribution in [-0.2, 0) is 22.3 Å². The third kappa shape index (κ3) is 8.26. The van der Waals surface area contributed by atoms with Gasteiger partial charge in [-0.25, -0.2) is 14.6 Å². The van der Waals surface area contributed by atoms with Crippen molar-refractivity contribution in [3.63, 3.8) is 0 Å². The Hall–Kier alpha value is -5.84. The van der Waals surface area contributed by atoms with E-state index in [-0.39, 0.29) is 0 Å². The van der Waals surface area contributed by atoms with Crippen molar-refractivity contribution < 1.29 is 29.3 Å². The van der Waals surface area contributed by atoms with Crippen LogP contribution in [0.3, 0.4) is 0 Å². The molecule has 2 unspecified atom stereocenters. The number of carbonyl (C=O) groups is 2. The zero-order chi connectivity index (χ0) is 40.8. The normalized spacial score (nSPS) is 14.8. The molecule has 2 aliphatic rings. The predicted molar refractivity (Wildman–Crippen MR) is 229 cm³/mol.